The van der Waals surface area contributed by atoms with Gasteiger partial charge < -0.3 is 10.1 Å². The summed E-state index contributed by atoms with van der Waals surface area (Å²) in [6.07, 6.45) is 2.46. The Morgan fingerprint density at radius 2 is 1.67 bits per heavy atom. The molecule has 0 saturated heterocycles. The number of carbonyl (C=O) groups excluding carboxylic acids is 1. The average Bonchev–Trinajstić information content (AvgIpc) is 2.65. The summed E-state index contributed by atoms with van der Waals surface area (Å²) in [5, 5.41) is 2.81. The number of carbonyl (C=O) groups is 1. The van der Waals surface area contributed by atoms with Crippen LogP contribution in [0.3, 0.4) is 0 Å². The molecule has 0 atom stereocenters. The monoisotopic (exact) mass is 318 g/mol. The Morgan fingerprint density at radius 1 is 0.917 bits per heavy atom. The van der Waals surface area contributed by atoms with Gasteiger partial charge in [-0.1, -0.05) is 36.4 Å². The molecular weight excluding hydrogens is 300 g/mol. The predicted octanol–water partition coefficient (Wildman–Crippen LogP) is 3.96. The number of benzene rings is 2. The molecule has 0 bridgehead atoms. The standard InChI is InChI=1S/C20H18N2O2/c23-20(19-8-4-5-14-21-19)22-17-9-11-18(12-10-17)24-15-13-16-6-2-1-3-7-16/h1-12,14H,13,15H2,(H,22,23). The highest BCUT2D eigenvalue weighted by atomic mass is 16.5. The topological polar surface area (TPSA) is 51.2 Å². The van der Waals surface area contributed by atoms with Gasteiger partial charge in [0.2, 0.25) is 0 Å². The van der Waals surface area contributed by atoms with Gasteiger partial charge in [-0.05, 0) is 42.0 Å². The number of hydrogen-bond acceptors (Lipinski definition) is 3. The molecule has 0 fully saturated rings. The lowest BCUT2D eigenvalue weighted by molar-refractivity contribution is 0.102. The molecule has 3 rings (SSSR count). The van der Waals surface area contributed by atoms with Crippen molar-refractivity contribution in [3.8, 4) is 5.75 Å². The molecule has 120 valence electrons. The van der Waals surface area contributed by atoms with Crippen molar-refractivity contribution in [3.05, 3.63) is 90.3 Å². The molecule has 0 radical (unpaired) electrons. The zero-order valence-electron chi connectivity index (χ0n) is 13.2. The lowest BCUT2D eigenvalue weighted by atomic mass is 10.2. The first kappa shape index (κ1) is 15.7. The number of hydrogen-bond donors (Lipinski definition) is 1. The molecule has 4 nitrogen and oxygen atoms in total. The van der Waals surface area contributed by atoms with Crippen LogP contribution in [0.2, 0.25) is 0 Å². The SMILES string of the molecule is O=C(Nc1ccc(OCCc2ccccc2)cc1)c1ccccn1. The average molecular weight is 318 g/mol. The molecule has 1 heterocycles. The van der Waals surface area contributed by atoms with Crippen LogP contribution in [0.1, 0.15) is 16.1 Å². The number of nitrogens with one attached hydrogen (secondary N) is 1. The van der Waals surface area contributed by atoms with Gasteiger partial charge in [-0.3, -0.25) is 9.78 Å². The highest BCUT2D eigenvalue weighted by molar-refractivity contribution is 6.02. The fraction of sp³-hybridized carbons (Fsp3) is 0.100. The zero-order valence-corrected chi connectivity index (χ0v) is 13.2. The zero-order chi connectivity index (χ0) is 16.6. The van der Waals surface area contributed by atoms with Crippen LogP contribution in [0, 0.1) is 0 Å². The molecule has 0 aliphatic carbocycles. The second-order valence-corrected chi connectivity index (χ2v) is 5.28. The normalized spacial score (nSPS) is 10.2. The summed E-state index contributed by atoms with van der Waals surface area (Å²) in [6, 6.07) is 22.8. The van der Waals surface area contributed by atoms with Crippen LogP contribution >= 0.6 is 0 Å². The van der Waals surface area contributed by atoms with Crippen molar-refractivity contribution in [2.75, 3.05) is 11.9 Å². The maximum atomic E-state index is 12.0. The lowest BCUT2D eigenvalue weighted by Crippen LogP contribution is -2.13. The van der Waals surface area contributed by atoms with E-state index >= 15 is 0 Å². The molecule has 0 spiro atoms. The van der Waals surface area contributed by atoms with Crippen LogP contribution in [0.15, 0.2) is 79.0 Å². The summed E-state index contributed by atoms with van der Waals surface area (Å²) >= 11 is 0. The number of aromatic nitrogens is 1. The molecule has 0 unspecified atom stereocenters. The summed E-state index contributed by atoms with van der Waals surface area (Å²) < 4.78 is 5.73. The summed E-state index contributed by atoms with van der Waals surface area (Å²) in [5.41, 5.74) is 2.35. The van der Waals surface area contributed by atoms with Gasteiger partial charge in [-0.15, -0.1) is 0 Å². The number of pyridine rings is 1. The van der Waals surface area contributed by atoms with Crippen molar-refractivity contribution in [1.82, 2.24) is 4.98 Å². The first-order valence-electron chi connectivity index (χ1n) is 7.80. The van der Waals surface area contributed by atoms with Crippen molar-refractivity contribution in [1.29, 1.82) is 0 Å². The van der Waals surface area contributed by atoms with Crippen LogP contribution in [0.4, 0.5) is 5.69 Å². The Hall–Kier alpha value is -3.14. The third kappa shape index (κ3) is 4.43. The van der Waals surface area contributed by atoms with E-state index in [2.05, 4.69) is 22.4 Å². The van der Waals surface area contributed by atoms with Gasteiger partial charge in [-0.2, -0.15) is 0 Å². The van der Waals surface area contributed by atoms with Gasteiger partial charge in [-0.25, -0.2) is 0 Å². The van der Waals surface area contributed by atoms with E-state index in [0.717, 1.165) is 12.2 Å². The van der Waals surface area contributed by atoms with Crippen LogP contribution in [0.25, 0.3) is 0 Å². The molecule has 3 aromatic rings. The summed E-state index contributed by atoms with van der Waals surface area (Å²) in [4.78, 5) is 16.0. The molecule has 0 aliphatic rings. The Kier molecular flexibility index (Phi) is 5.20. The quantitative estimate of drug-likeness (QED) is 0.748. The van der Waals surface area contributed by atoms with E-state index < -0.39 is 0 Å². The summed E-state index contributed by atoms with van der Waals surface area (Å²) in [5.74, 6) is 0.551. The van der Waals surface area contributed by atoms with Gasteiger partial charge in [0.1, 0.15) is 11.4 Å². The van der Waals surface area contributed by atoms with Crippen LogP contribution in [0.5, 0.6) is 5.75 Å². The second kappa shape index (κ2) is 7.92. The van der Waals surface area contributed by atoms with Crippen LogP contribution < -0.4 is 10.1 Å². The lowest BCUT2D eigenvalue weighted by Gasteiger charge is -2.08. The Labute approximate surface area is 141 Å². The second-order valence-electron chi connectivity index (χ2n) is 5.28. The van der Waals surface area contributed by atoms with E-state index in [1.165, 1.54) is 5.56 Å². The van der Waals surface area contributed by atoms with Gasteiger partial charge >= 0.3 is 0 Å². The fourth-order valence-electron chi connectivity index (χ4n) is 2.26. The molecule has 4 heteroatoms. The van der Waals surface area contributed by atoms with Gasteiger partial charge in [0.05, 0.1) is 6.61 Å². The third-order valence-electron chi connectivity index (χ3n) is 3.51. The van der Waals surface area contributed by atoms with Crippen molar-refractivity contribution in [2.24, 2.45) is 0 Å². The number of ether oxygens (including phenoxy) is 1. The highest BCUT2D eigenvalue weighted by Crippen LogP contribution is 2.16. The highest BCUT2D eigenvalue weighted by Gasteiger charge is 2.06. The summed E-state index contributed by atoms with van der Waals surface area (Å²) in [6.45, 7) is 0.615. The van der Waals surface area contributed by atoms with Crippen LogP contribution in [-0.2, 0) is 6.42 Å². The van der Waals surface area contributed by atoms with E-state index in [4.69, 9.17) is 4.74 Å². The molecule has 2 aromatic carbocycles. The molecule has 0 saturated carbocycles. The largest absolute Gasteiger partial charge is 0.493 e. The Balaban J connectivity index is 1.51. The van der Waals surface area contributed by atoms with Gasteiger partial charge in [0.15, 0.2) is 0 Å². The van der Waals surface area contributed by atoms with Crippen molar-refractivity contribution in [3.63, 3.8) is 0 Å². The predicted molar refractivity (Wildman–Crippen MR) is 94.3 cm³/mol. The summed E-state index contributed by atoms with van der Waals surface area (Å²) in [7, 11) is 0. The maximum absolute atomic E-state index is 12.0. The molecule has 0 aliphatic heterocycles. The van der Waals surface area contributed by atoms with Crippen molar-refractivity contribution in [2.45, 2.75) is 6.42 Å². The van der Waals surface area contributed by atoms with E-state index in [-0.39, 0.29) is 5.91 Å². The van der Waals surface area contributed by atoms with E-state index in [1.54, 1.807) is 24.4 Å². The molecule has 1 aromatic heterocycles. The molecular formula is C20H18N2O2. The minimum Gasteiger partial charge on any atom is -0.493 e. The Morgan fingerprint density at radius 3 is 2.38 bits per heavy atom. The number of rotatable bonds is 6. The first-order valence-corrected chi connectivity index (χ1v) is 7.80. The smallest absolute Gasteiger partial charge is 0.274 e. The maximum Gasteiger partial charge on any atom is 0.274 e. The van der Waals surface area contributed by atoms with E-state index in [9.17, 15) is 4.79 Å². The van der Waals surface area contributed by atoms with Crippen LogP contribution in [-0.4, -0.2) is 17.5 Å². The van der Waals surface area contributed by atoms with Gasteiger partial charge in [0.25, 0.3) is 5.91 Å². The Bertz CT molecular complexity index is 772. The van der Waals surface area contributed by atoms with Crippen molar-refractivity contribution >= 4 is 11.6 Å². The third-order valence-corrected chi connectivity index (χ3v) is 3.51. The molecule has 1 N–H and O–H groups in total. The molecule has 24 heavy (non-hydrogen) atoms. The first-order chi connectivity index (χ1) is 11.8. The number of amides is 1. The fourth-order valence-corrected chi connectivity index (χ4v) is 2.26. The van der Waals surface area contributed by atoms with Crippen molar-refractivity contribution < 1.29 is 9.53 Å². The van der Waals surface area contributed by atoms with E-state index in [1.807, 2.05) is 42.5 Å². The molecule has 1 amide bonds. The number of nitrogens with zero attached hydrogens (tertiary/aromatic N) is 1. The number of anilines is 1. The van der Waals surface area contributed by atoms with E-state index in [0.29, 0.717) is 18.0 Å². The minimum atomic E-state index is -0.228. The minimum absolute atomic E-state index is 0.228. The van der Waals surface area contributed by atoms with Gasteiger partial charge in [0, 0.05) is 18.3 Å².